The van der Waals surface area contributed by atoms with Crippen LogP contribution in [-0.2, 0) is 17.8 Å². The molecule has 0 aliphatic carbocycles. The molecule has 0 aliphatic heterocycles. The van der Waals surface area contributed by atoms with Crippen molar-refractivity contribution in [2.24, 2.45) is 0 Å². The summed E-state index contributed by atoms with van der Waals surface area (Å²) in [5.74, 6) is 0. The van der Waals surface area contributed by atoms with Crippen LogP contribution in [0.4, 0.5) is 0 Å². The van der Waals surface area contributed by atoms with Crippen molar-refractivity contribution in [2.75, 3.05) is 0 Å². The molecule has 0 bridgehead atoms. The van der Waals surface area contributed by atoms with Gasteiger partial charge in [-0.3, -0.25) is 4.21 Å². The molecule has 0 aromatic heterocycles. The number of hydrogen-bond acceptors (Lipinski definition) is 3. The van der Waals surface area contributed by atoms with Gasteiger partial charge >= 0.3 is 0 Å². The third-order valence-corrected chi connectivity index (χ3v) is 1.86. The Kier molecular flexibility index (Phi) is 3.58. The summed E-state index contributed by atoms with van der Waals surface area (Å²) in [5.41, 5.74) is 1.38. The first-order valence-corrected chi connectivity index (χ1v) is 4.61. The van der Waals surface area contributed by atoms with E-state index in [1.54, 1.807) is 24.3 Å². The SMILES string of the molecule is N#Cc1ccc(CNS(=O)[O-])cc1. The van der Waals surface area contributed by atoms with Gasteiger partial charge in [0.2, 0.25) is 0 Å². The highest BCUT2D eigenvalue weighted by Gasteiger charge is 1.92. The Hall–Kier alpha value is -1.22. The lowest BCUT2D eigenvalue weighted by molar-refractivity contribution is 0.522. The van der Waals surface area contributed by atoms with Crippen LogP contribution in [0.25, 0.3) is 0 Å². The van der Waals surface area contributed by atoms with E-state index in [0.29, 0.717) is 5.56 Å². The van der Waals surface area contributed by atoms with Crippen molar-refractivity contribution in [1.82, 2.24) is 4.72 Å². The highest BCUT2D eigenvalue weighted by molar-refractivity contribution is 7.77. The molecule has 4 nitrogen and oxygen atoms in total. The van der Waals surface area contributed by atoms with Crippen molar-refractivity contribution < 1.29 is 8.76 Å². The van der Waals surface area contributed by atoms with Gasteiger partial charge in [-0.1, -0.05) is 12.1 Å². The minimum Gasteiger partial charge on any atom is -0.760 e. The minimum atomic E-state index is -2.24. The summed E-state index contributed by atoms with van der Waals surface area (Å²) in [5, 5.41) is 8.48. The van der Waals surface area contributed by atoms with Crippen molar-refractivity contribution in [1.29, 1.82) is 5.26 Å². The Bertz CT molecular complexity index is 342. The molecule has 1 unspecified atom stereocenters. The van der Waals surface area contributed by atoms with Crippen molar-refractivity contribution >= 4 is 11.3 Å². The Labute approximate surface area is 78.6 Å². The molecule has 1 atom stereocenters. The fraction of sp³-hybridized carbons (Fsp3) is 0.125. The molecule has 0 radical (unpaired) electrons. The fourth-order valence-corrected chi connectivity index (χ4v) is 1.12. The number of rotatable bonds is 3. The van der Waals surface area contributed by atoms with E-state index in [9.17, 15) is 8.76 Å². The van der Waals surface area contributed by atoms with Gasteiger partial charge in [-0.15, -0.1) is 0 Å². The normalized spacial score (nSPS) is 12.0. The molecule has 68 valence electrons. The first-order chi connectivity index (χ1) is 6.22. The summed E-state index contributed by atoms with van der Waals surface area (Å²) < 4.78 is 22.5. The Morgan fingerprint density at radius 3 is 2.54 bits per heavy atom. The van der Waals surface area contributed by atoms with E-state index in [4.69, 9.17) is 5.26 Å². The van der Waals surface area contributed by atoms with Crippen LogP contribution in [0.3, 0.4) is 0 Å². The fourth-order valence-electron chi connectivity index (χ4n) is 0.839. The van der Waals surface area contributed by atoms with E-state index in [1.807, 2.05) is 6.07 Å². The molecule has 0 amide bonds. The van der Waals surface area contributed by atoms with E-state index < -0.39 is 11.3 Å². The molecular formula is C8H7N2O2S-. The number of nitriles is 1. The second-order valence-corrected chi connectivity index (χ2v) is 3.12. The third-order valence-electron chi connectivity index (χ3n) is 1.48. The van der Waals surface area contributed by atoms with E-state index in [-0.39, 0.29) is 6.54 Å². The topological polar surface area (TPSA) is 76.0 Å². The average molecular weight is 195 g/mol. The van der Waals surface area contributed by atoms with E-state index in [2.05, 4.69) is 4.72 Å². The second kappa shape index (κ2) is 4.72. The molecular weight excluding hydrogens is 188 g/mol. The predicted octanol–water partition coefficient (Wildman–Crippen LogP) is 0.442. The smallest absolute Gasteiger partial charge is 0.0991 e. The maximum Gasteiger partial charge on any atom is 0.0991 e. The van der Waals surface area contributed by atoms with Crippen LogP contribution in [0.1, 0.15) is 11.1 Å². The van der Waals surface area contributed by atoms with Crippen LogP contribution < -0.4 is 4.72 Å². The Morgan fingerprint density at radius 2 is 2.08 bits per heavy atom. The molecule has 0 spiro atoms. The van der Waals surface area contributed by atoms with Gasteiger partial charge in [-0.2, -0.15) is 5.26 Å². The summed E-state index contributed by atoms with van der Waals surface area (Å²) in [7, 11) is 0. The molecule has 0 saturated heterocycles. The lowest BCUT2D eigenvalue weighted by atomic mass is 10.1. The largest absolute Gasteiger partial charge is 0.760 e. The van der Waals surface area contributed by atoms with Gasteiger partial charge in [0.15, 0.2) is 0 Å². The van der Waals surface area contributed by atoms with Gasteiger partial charge in [0.05, 0.1) is 11.6 Å². The molecule has 1 rings (SSSR count). The number of hydrogen-bond donors (Lipinski definition) is 1. The molecule has 1 N–H and O–H groups in total. The summed E-state index contributed by atoms with van der Waals surface area (Å²) >= 11 is -2.24. The highest BCUT2D eigenvalue weighted by atomic mass is 32.2. The van der Waals surface area contributed by atoms with Gasteiger partial charge in [0.25, 0.3) is 0 Å². The maximum absolute atomic E-state index is 10.1. The van der Waals surface area contributed by atoms with Crippen molar-refractivity contribution in [3.8, 4) is 6.07 Å². The van der Waals surface area contributed by atoms with Crippen LogP contribution in [0.15, 0.2) is 24.3 Å². The van der Waals surface area contributed by atoms with Gasteiger partial charge < -0.3 is 4.55 Å². The maximum atomic E-state index is 10.1. The van der Waals surface area contributed by atoms with Crippen LogP contribution in [0.2, 0.25) is 0 Å². The number of nitrogens with zero attached hydrogens (tertiary/aromatic N) is 1. The molecule has 13 heavy (non-hydrogen) atoms. The molecule has 0 aliphatic rings. The number of benzene rings is 1. The Balaban J connectivity index is 2.60. The first kappa shape index (κ1) is 9.86. The predicted molar refractivity (Wildman–Crippen MR) is 46.9 cm³/mol. The van der Waals surface area contributed by atoms with Gasteiger partial charge in [-0.25, -0.2) is 4.72 Å². The minimum absolute atomic E-state index is 0.252. The van der Waals surface area contributed by atoms with Crippen LogP contribution in [-0.4, -0.2) is 8.76 Å². The summed E-state index contributed by atoms with van der Waals surface area (Å²) in [4.78, 5) is 0. The van der Waals surface area contributed by atoms with Gasteiger partial charge in [-0.05, 0) is 17.7 Å². The van der Waals surface area contributed by atoms with Crippen LogP contribution in [0.5, 0.6) is 0 Å². The van der Waals surface area contributed by atoms with Crippen LogP contribution >= 0.6 is 0 Å². The average Bonchev–Trinajstić information content (AvgIpc) is 2.15. The lowest BCUT2D eigenvalue weighted by Gasteiger charge is -2.06. The molecule has 5 heteroatoms. The number of nitrogens with one attached hydrogen (secondary N) is 1. The molecule has 0 heterocycles. The second-order valence-electron chi connectivity index (χ2n) is 2.36. The standard InChI is InChI=1S/C8H8N2O2S/c9-5-7-1-3-8(4-2-7)6-10-13(11)12/h1-4,10H,6H2,(H,11,12)/p-1. The van der Waals surface area contributed by atoms with E-state index >= 15 is 0 Å². The van der Waals surface area contributed by atoms with Crippen LogP contribution in [0, 0.1) is 11.3 Å². The molecule has 0 saturated carbocycles. The monoisotopic (exact) mass is 195 g/mol. The van der Waals surface area contributed by atoms with Crippen molar-refractivity contribution in [2.45, 2.75) is 6.54 Å². The summed E-state index contributed by atoms with van der Waals surface area (Å²) in [6.07, 6.45) is 0. The molecule has 1 aromatic carbocycles. The van der Waals surface area contributed by atoms with Gasteiger partial charge in [0, 0.05) is 17.8 Å². The first-order valence-electron chi connectivity index (χ1n) is 3.54. The van der Waals surface area contributed by atoms with Crippen molar-refractivity contribution in [3.63, 3.8) is 0 Å². The quantitative estimate of drug-likeness (QED) is 0.711. The highest BCUT2D eigenvalue weighted by Crippen LogP contribution is 2.02. The molecule has 0 fully saturated rings. The van der Waals surface area contributed by atoms with Gasteiger partial charge in [0.1, 0.15) is 0 Å². The Morgan fingerprint density at radius 1 is 1.46 bits per heavy atom. The van der Waals surface area contributed by atoms with Crippen molar-refractivity contribution in [3.05, 3.63) is 35.4 Å². The third kappa shape index (κ3) is 3.34. The summed E-state index contributed by atoms with van der Waals surface area (Å²) in [6, 6.07) is 8.68. The lowest BCUT2D eigenvalue weighted by Crippen LogP contribution is -2.15. The molecule has 1 aromatic rings. The zero-order valence-electron chi connectivity index (χ0n) is 6.69. The zero-order chi connectivity index (χ0) is 9.68. The van der Waals surface area contributed by atoms with E-state index in [0.717, 1.165) is 5.56 Å². The summed E-state index contributed by atoms with van der Waals surface area (Å²) in [6.45, 7) is 0.252. The van der Waals surface area contributed by atoms with E-state index in [1.165, 1.54) is 0 Å². The zero-order valence-corrected chi connectivity index (χ0v) is 7.50.